The first-order chi connectivity index (χ1) is 11.5. The van der Waals surface area contributed by atoms with Crippen LogP contribution < -0.4 is 14.8 Å². The number of rotatable bonds is 6. The third kappa shape index (κ3) is 4.57. The maximum absolute atomic E-state index is 12.0. The van der Waals surface area contributed by atoms with E-state index in [0.717, 1.165) is 0 Å². The summed E-state index contributed by atoms with van der Waals surface area (Å²) < 4.78 is 10.3. The number of amides is 1. The minimum Gasteiger partial charge on any atom is -0.497 e. The van der Waals surface area contributed by atoms with Crippen LogP contribution in [0.2, 0.25) is 0 Å². The molecule has 0 spiro atoms. The van der Waals surface area contributed by atoms with Crippen LogP contribution in [0.1, 0.15) is 5.56 Å². The Morgan fingerprint density at radius 2 is 1.67 bits per heavy atom. The third-order valence-corrected chi connectivity index (χ3v) is 3.15. The quantitative estimate of drug-likeness (QED) is 0.499. The number of nitro benzene ring substituents is 1. The van der Waals surface area contributed by atoms with Crippen molar-refractivity contribution in [3.63, 3.8) is 0 Å². The Morgan fingerprint density at radius 1 is 1.08 bits per heavy atom. The molecule has 0 aliphatic rings. The van der Waals surface area contributed by atoms with Crippen molar-refractivity contribution in [3.05, 3.63) is 64.2 Å². The van der Waals surface area contributed by atoms with E-state index in [2.05, 4.69) is 5.32 Å². The molecule has 2 aromatic carbocycles. The predicted octanol–water partition coefficient (Wildman–Crippen LogP) is 3.26. The molecule has 7 heteroatoms. The summed E-state index contributed by atoms with van der Waals surface area (Å²) in [5, 5.41) is 13.3. The lowest BCUT2D eigenvalue weighted by Crippen LogP contribution is -2.08. The number of nitrogens with zero attached hydrogens (tertiary/aromatic N) is 1. The molecule has 7 nitrogen and oxygen atoms in total. The Balaban J connectivity index is 2.06. The summed E-state index contributed by atoms with van der Waals surface area (Å²) >= 11 is 0. The van der Waals surface area contributed by atoms with Gasteiger partial charge in [0.25, 0.3) is 5.69 Å². The number of ether oxygens (including phenoxy) is 2. The number of nitro groups is 1. The molecular formula is C17H16N2O5. The number of hydrogen-bond donors (Lipinski definition) is 1. The van der Waals surface area contributed by atoms with Crippen LogP contribution >= 0.6 is 0 Å². The van der Waals surface area contributed by atoms with Gasteiger partial charge in [-0.3, -0.25) is 14.9 Å². The minimum atomic E-state index is -0.476. The SMILES string of the molecule is COc1cc(NC(=O)C=Cc2ccc([N+](=O)[O-])cc2)cc(OC)c1. The molecular weight excluding hydrogens is 312 g/mol. The van der Waals surface area contributed by atoms with Gasteiger partial charge in [-0.2, -0.15) is 0 Å². The number of hydrogen-bond acceptors (Lipinski definition) is 5. The van der Waals surface area contributed by atoms with E-state index in [0.29, 0.717) is 22.7 Å². The van der Waals surface area contributed by atoms with Crippen molar-refractivity contribution in [2.75, 3.05) is 19.5 Å². The van der Waals surface area contributed by atoms with Gasteiger partial charge in [0, 0.05) is 42.1 Å². The lowest BCUT2D eigenvalue weighted by molar-refractivity contribution is -0.384. The summed E-state index contributed by atoms with van der Waals surface area (Å²) in [6.45, 7) is 0. The zero-order valence-electron chi connectivity index (χ0n) is 13.2. The summed E-state index contributed by atoms with van der Waals surface area (Å²) in [4.78, 5) is 22.1. The number of methoxy groups -OCH3 is 2. The number of nitrogens with one attached hydrogen (secondary N) is 1. The summed E-state index contributed by atoms with van der Waals surface area (Å²) in [7, 11) is 3.05. The maximum Gasteiger partial charge on any atom is 0.269 e. The average Bonchev–Trinajstić information content (AvgIpc) is 2.59. The number of non-ortho nitro benzene ring substituents is 1. The summed E-state index contributed by atoms with van der Waals surface area (Å²) in [5.41, 5.74) is 1.21. The van der Waals surface area contributed by atoms with E-state index in [1.807, 2.05) is 0 Å². The highest BCUT2D eigenvalue weighted by molar-refractivity contribution is 6.02. The summed E-state index contributed by atoms with van der Waals surface area (Å²) in [6, 6.07) is 10.9. The van der Waals surface area contributed by atoms with Gasteiger partial charge in [-0.15, -0.1) is 0 Å². The molecule has 0 unspecified atom stereocenters. The third-order valence-electron chi connectivity index (χ3n) is 3.15. The fraction of sp³-hybridized carbons (Fsp3) is 0.118. The predicted molar refractivity (Wildman–Crippen MR) is 90.3 cm³/mol. The van der Waals surface area contributed by atoms with Gasteiger partial charge in [-0.25, -0.2) is 0 Å². The van der Waals surface area contributed by atoms with Crippen molar-refractivity contribution in [2.45, 2.75) is 0 Å². The van der Waals surface area contributed by atoms with Crippen LogP contribution in [0.15, 0.2) is 48.5 Å². The highest BCUT2D eigenvalue weighted by atomic mass is 16.6. The zero-order chi connectivity index (χ0) is 17.5. The first kappa shape index (κ1) is 17.0. The van der Waals surface area contributed by atoms with Crippen LogP contribution in [-0.4, -0.2) is 25.1 Å². The molecule has 0 radical (unpaired) electrons. The molecule has 0 aliphatic heterocycles. The maximum atomic E-state index is 12.0. The van der Waals surface area contributed by atoms with Gasteiger partial charge >= 0.3 is 0 Å². The van der Waals surface area contributed by atoms with Crippen LogP contribution in [0.25, 0.3) is 6.08 Å². The molecule has 0 bridgehead atoms. The van der Waals surface area contributed by atoms with Crippen molar-refractivity contribution < 1.29 is 19.2 Å². The van der Waals surface area contributed by atoms with Crippen molar-refractivity contribution in [2.24, 2.45) is 0 Å². The molecule has 0 aromatic heterocycles. The van der Waals surface area contributed by atoms with Crippen LogP contribution in [0.3, 0.4) is 0 Å². The zero-order valence-corrected chi connectivity index (χ0v) is 13.2. The van der Waals surface area contributed by atoms with Gasteiger partial charge < -0.3 is 14.8 Å². The molecule has 0 fully saturated rings. The Labute approximate surface area is 138 Å². The molecule has 2 aromatic rings. The van der Waals surface area contributed by atoms with E-state index in [4.69, 9.17) is 9.47 Å². The van der Waals surface area contributed by atoms with Gasteiger partial charge in [0.05, 0.1) is 19.1 Å². The topological polar surface area (TPSA) is 90.7 Å². The van der Waals surface area contributed by atoms with E-state index in [1.165, 1.54) is 32.4 Å². The molecule has 124 valence electrons. The lowest BCUT2D eigenvalue weighted by Gasteiger charge is -2.08. The van der Waals surface area contributed by atoms with Gasteiger partial charge in [-0.05, 0) is 23.8 Å². The molecule has 1 amide bonds. The van der Waals surface area contributed by atoms with Crippen molar-refractivity contribution >= 4 is 23.4 Å². The second-order valence-corrected chi connectivity index (χ2v) is 4.77. The highest BCUT2D eigenvalue weighted by Crippen LogP contribution is 2.25. The molecule has 0 saturated heterocycles. The monoisotopic (exact) mass is 328 g/mol. The first-order valence-corrected chi connectivity index (χ1v) is 6.98. The fourth-order valence-electron chi connectivity index (χ4n) is 1.94. The average molecular weight is 328 g/mol. The van der Waals surface area contributed by atoms with Crippen LogP contribution in [0, 0.1) is 10.1 Å². The van der Waals surface area contributed by atoms with Gasteiger partial charge in [0.2, 0.25) is 5.91 Å². The molecule has 2 rings (SSSR count). The van der Waals surface area contributed by atoms with Crippen molar-refractivity contribution in [3.8, 4) is 11.5 Å². The Kier molecular flexibility index (Phi) is 5.51. The van der Waals surface area contributed by atoms with E-state index in [1.54, 1.807) is 36.4 Å². The van der Waals surface area contributed by atoms with Crippen LogP contribution in [-0.2, 0) is 4.79 Å². The smallest absolute Gasteiger partial charge is 0.269 e. The number of carbonyl (C=O) groups excluding carboxylic acids is 1. The molecule has 1 N–H and O–H groups in total. The van der Waals surface area contributed by atoms with E-state index in [9.17, 15) is 14.9 Å². The van der Waals surface area contributed by atoms with Crippen LogP contribution in [0.5, 0.6) is 11.5 Å². The number of carbonyl (C=O) groups is 1. The Hall–Kier alpha value is -3.35. The highest BCUT2D eigenvalue weighted by Gasteiger charge is 2.05. The molecule has 0 saturated carbocycles. The van der Waals surface area contributed by atoms with Gasteiger partial charge in [0.15, 0.2) is 0 Å². The summed E-state index contributed by atoms with van der Waals surface area (Å²) in [5.74, 6) is 0.775. The molecule has 24 heavy (non-hydrogen) atoms. The second-order valence-electron chi connectivity index (χ2n) is 4.77. The van der Waals surface area contributed by atoms with E-state index < -0.39 is 4.92 Å². The summed E-state index contributed by atoms with van der Waals surface area (Å²) in [6.07, 6.45) is 2.91. The van der Waals surface area contributed by atoms with Gasteiger partial charge in [-0.1, -0.05) is 0 Å². The normalized spacial score (nSPS) is 10.4. The van der Waals surface area contributed by atoms with Gasteiger partial charge in [0.1, 0.15) is 11.5 Å². The largest absolute Gasteiger partial charge is 0.497 e. The number of anilines is 1. The minimum absolute atomic E-state index is 0.0000714. The fourth-order valence-corrected chi connectivity index (χ4v) is 1.94. The molecule has 0 heterocycles. The molecule has 0 aliphatic carbocycles. The Bertz CT molecular complexity index is 747. The van der Waals surface area contributed by atoms with E-state index >= 15 is 0 Å². The first-order valence-electron chi connectivity index (χ1n) is 6.98. The van der Waals surface area contributed by atoms with Crippen molar-refractivity contribution in [1.29, 1.82) is 0 Å². The van der Waals surface area contributed by atoms with E-state index in [-0.39, 0.29) is 11.6 Å². The standard InChI is InChI=1S/C17H16N2O5/c1-23-15-9-13(10-16(11-15)24-2)18-17(20)8-5-12-3-6-14(7-4-12)19(21)22/h3-11H,1-2H3,(H,18,20). The molecule has 0 atom stereocenters. The lowest BCUT2D eigenvalue weighted by atomic mass is 10.2. The second kappa shape index (κ2) is 7.77. The van der Waals surface area contributed by atoms with Crippen LogP contribution in [0.4, 0.5) is 11.4 Å². The number of benzene rings is 2. The van der Waals surface area contributed by atoms with Crippen molar-refractivity contribution in [1.82, 2.24) is 0 Å². The Morgan fingerprint density at radius 3 is 2.17 bits per heavy atom.